The molecule has 2 aromatic heterocycles. The number of hydrogen-bond donors (Lipinski definition) is 0. The maximum absolute atomic E-state index is 4.79. The van der Waals surface area contributed by atoms with Crippen molar-refractivity contribution in [2.45, 2.75) is 40.2 Å². The fourth-order valence-corrected chi connectivity index (χ4v) is 3.18. The number of aromatic nitrogens is 2. The van der Waals surface area contributed by atoms with Crippen molar-refractivity contribution in [3.8, 4) is 12.8 Å². The molecule has 32 heavy (non-hydrogen) atoms. The number of terminal acetylenes is 1. The van der Waals surface area contributed by atoms with Gasteiger partial charge in [0.15, 0.2) is 0 Å². The second-order valence-corrected chi connectivity index (χ2v) is 7.54. The number of rotatable bonds is 3. The Hall–Kier alpha value is -3.84. The van der Waals surface area contributed by atoms with Gasteiger partial charge in [-0.2, -0.15) is 0 Å². The maximum atomic E-state index is 4.79. The summed E-state index contributed by atoms with van der Waals surface area (Å²) < 4.78 is 0. The molecule has 0 aliphatic carbocycles. The van der Waals surface area contributed by atoms with E-state index in [0.717, 1.165) is 34.9 Å². The molecule has 4 nitrogen and oxygen atoms in total. The van der Waals surface area contributed by atoms with Crippen molar-refractivity contribution in [3.05, 3.63) is 102 Å². The van der Waals surface area contributed by atoms with Crippen molar-refractivity contribution in [1.29, 1.82) is 0 Å². The number of allylic oxidation sites excluding steroid dienone is 1. The number of benzene rings is 1. The number of para-hydroxylation sites is 1. The Morgan fingerprint density at radius 2 is 1.53 bits per heavy atom. The molecular weight excluding hydrogens is 392 g/mol. The second-order valence-electron chi connectivity index (χ2n) is 7.54. The maximum Gasteiger partial charge on any atom is 0.0964 e. The summed E-state index contributed by atoms with van der Waals surface area (Å²) in [5.74, 6) is 0. The average molecular weight is 423 g/mol. The number of aryl methyl sites for hydroxylation is 1. The first-order chi connectivity index (χ1) is 15.5. The van der Waals surface area contributed by atoms with Crippen LogP contribution >= 0.6 is 0 Å². The lowest BCUT2D eigenvalue weighted by molar-refractivity contribution is 0.686. The van der Waals surface area contributed by atoms with Crippen LogP contribution in [0.4, 0.5) is 5.69 Å². The van der Waals surface area contributed by atoms with Crippen molar-refractivity contribution < 1.29 is 0 Å². The Bertz CT molecular complexity index is 1090. The Kier molecular flexibility index (Phi) is 9.74. The van der Waals surface area contributed by atoms with Gasteiger partial charge in [-0.05, 0) is 76.1 Å². The molecule has 0 N–H and O–H groups in total. The first kappa shape index (κ1) is 24.4. The van der Waals surface area contributed by atoms with Crippen LogP contribution < -0.4 is 0 Å². The zero-order valence-corrected chi connectivity index (χ0v) is 19.2. The predicted octanol–water partition coefficient (Wildman–Crippen LogP) is 6.71. The Morgan fingerprint density at radius 3 is 2.12 bits per heavy atom. The zero-order valence-electron chi connectivity index (χ0n) is 19.2. The minimum absolute atomic E-state index is 0.100. The van der Waals surface area contributed by atoms with Crippen LogP contribution in [0.2, 0.25) is 0 Å². The lowest BCUT2D eigenvalue weighted by Crippen LogP contribution is -2.11. The molecule has 1 aliphatic rings. The van der Waals surface area contributed by atoms with Crippen molar-refractivity contribution in [2.24, 2.45) is 9.98 Å². The van der Waals surface area contributed by atoms with E-state index < -0.39 is 0 Å². The topological polar surface area (TPSA) is 50.5 Å². The summed E-state index contributed by atoms with van der Waals surface area (Å²) in [7, 11) is 0. The van der Waals surface area contributed by atoms with E-state index in [-0.39, 0.29) is 6.04 Å². The van der Waals surface area contributed by atoms with E-state index in [4.69, 9.17) is 4.99 Å². The predicted molar refractivity (Wildman–Crippen MR) is 136 cm³/mol. The number of nitrogens with zero attached hydrogens (tertiary/aromatic N) is 4. The molecule has 3 heterocycles. The third-order valence-corrected chi connectivity index (χ3v) is 4.61. The van der Waals surface area contributed by atoms with Crippen LogP contribution in [0.3, 0.4) is 0 Å². The molecule has 4 heteroatoms. The molecule has 1 aromatic carbocycles. The molecule has 162 valence electrons. The third-order valence-electron chi connectivity index (χ3n) is 4.61. The van der Waals surface area contributed by atoms with Gasteiger partial charge in [0.1, 0.15) is 0 Å². The molecule has 1 aliphatic heterocycles. The Morgan fingerprint density at radius 1 is 0.875 bits per heavy atom. The smallest absolute Gasteiger partial charge is 0.0964 e. The van der Waals surface area contributed by atoms with Gasteiger partial charge in [0.25, 0.3) is 0 Å². The van der Waals surface area contributed by atoms with Crippen molar-refractivity contribution in [3.63, 3.8) is 0 Å². The van der Waals surface area contributed by atoms with Crippen LogP contribution in [-0.2, 0) is 0 Å². The van der Waals surface area contributed by atoms with Gasteiger partial charge in [-0.15, -0.1) is 12.8 Å². The average Bonchev–Trinajstić information content (AvgIpc) is 2.83. The highest BCUT2D eigenvalue weighted by molar-refractivity contribution is 6.08. The first-order valence-corrected chi connectivity index (χ1v) is 10.5. The van der Waals surface area contributed by atoms with E-state index >= 15 is 0 Å². The van der Waals surface area contributed by atoms with Gasteiger partial charge in [-0.3, -0.25) is 20.0 Å². The minimum Gasteiger partial charge on any atom is -0.273 e. The van der Waals surface area contributed by atoms with Crippen LogP contribution in [0, 0.1) is 19.8 Å². The standard InChI is InChI=1S/C16H15N3.C10H13N.C2H2/c1-12-10-15(13-6-2-4-8-17-13)19-16(11-12)14-7-3-5-9-18-14;1-8(2)11-10-7-5-4-6-9(10)3;1-2/h2-10,16H,11H2,1H3;4-7H,1-3H3;1-2H. The molecule has 0 fully saturated rings. The van der Waals surface area contributed by atoms with Gasteiger partial charge in [0.2, 0.25) is 0 Å². The zero-order chi connectivity index (χ0) is 23.3. The molecule has 1 unspecified atom stereocenters. The van der Waals surface area contributed by atoms with Crippen LogP contribution in [-0.4, -0.2) is 21.4 Å². The van der Waals surface area contributed by atoms with Gasteiger partial charge in [-0.25, -0.2) is 0 Å². The summed E-state index contributed by atoms with van der Waals surface area (Å²) in [5.41, 5.74) is 7.60. The number of hydrogen-bond acceptors (Lipinski definition) is 4. The molecule has 4 rings (SSSR count). The number of pyridine rings is 2. The van der Waals surface area contributed by atoms with Crippen LogP contribution in [0.25, 0.3) is 0 Å². The van der Waals surface area contributed by atoms with Gasteiger partial charge < -0.3 is 0 Å². The Balaban J connectivity index is 0.000000239. The van der Waals surface area contributed by atoms with Crippen LogP contribution in [0.15, 0.2) is 94.7 Å². The molecule has 0 saturated carbocycles. The van der Waals surface area contributed by atoms with E-state index in [9.17, 15) is 0 Å². The van der Waals surface area contributed by atoms with E-state index in [1.54, 1.807) is 6.20 Å². The van der Waals surface area contributed by atoms with Gasteiger partial charge in [-0.1, -0.05) is 35.9 Å². The molecule has 3 aromatic rings. The molecule has 0 radical (unpaired) electrons. The SMILES string of the molecule is C#C.CC(C)=Nc1ccccc1C.CC1=CC(c2ccccn2)=NC(c2ccccn2)C1. The molecular formula is C28H30N4. The molecule has 0 spiro atoms. The van der Waals surface area contributed by atoms with Gasteiger partial charge in [0.05, 0.1) is 28.8 Å². The van der Waals surface area contributed by atoms with Crippen molar-refractivity contribution >= 4 is 17.1 Å². The second kappa shape index (κ2) is 12.8. The monoisotopic (exact) mass is 422 g/mol. The fourth-order valence-electron chi connectivity index (χ4n) is 3.18. The molecule has 0 amide bonds. The Labute approximate surface area is 191 Å². The van der Waals surface area contributed by atoms with Crippen molar-refractivity contribution in [1.82, 2.24) is 9.97 Å². The van der Waals surface area contributed by atoms with E-state index in [1.165, 1.54) is 11.1 Å². The van der Waals surface area contributed by atoms with E-state index in [0.29, 0.717) is 0 Å². The number of aliphatic imine (C=N–C) groups is 2. The lowest BCUT2D eigenvalue weighted by Gasteiger charge is -2.18. The highest BCUT2D eigenvalue weighted by atomic mass is 14.9. The lowest BCUT2D eigenvalue weighted by atomic mass is 9.98. The normalized spacial score (nSPS) is 14.4. The summed E-state index contributed by atoms with van der Waals surface area (Å²) in [6.45, 7) is 8.22. The highest BCUT2D eigenvalue weighted by Gasteiger charge is 2.18. The van der Waals surface area contributed by atoms with Gasteiger partial charge in [0, 0.05) is 18.1 Å². The minimum atomic E-state index is 0.100. The molecule has 1 atom stereocenters. The van der Waals surface area contributed by atoms with Crippen molar-refractivity contribution in [2.75, 3.05) is 0 Å². The summed E-state index contributed by atoms with van der Waals surface area (Å²) in [6.07, 6.45) is 14.7. The summed E-state index contributed by atoms with van der Waals surface area (Å²) >= 11 is 0. The molecule has 0 saturated heterocycles. The van der Waals surface area contributed by atoms with Crippen LogP contribution in [0.5, 0.6) is 0 Å². The van der Waals surface area contributed by atoms with E-state index in [2.05, 4.69) is 53.8 Å². The van der Waals surface area contributed by atoms with Crippen LogP contribution in [0.1, 0.15) is 50.2 Å². The first-order valence-electron chi connectivity index (χ1n) is 10.5. The summed E-state index contributed by atoms with van der Waals surface area (Å²) in [6, 6.07) is 20.1. The largest absolute Gasteiger partial charge is 0.273 e. The third kappa shape index (κ3) is 7.45. The fraction of sp³-hybridized carbons (Fsp3) is 0.214. The quantitative estimate of drug-likeness (QED) is 0.348. The van der Waals surface area contributed by atoms with Gasteiger partial charge >= 0.3 is 0 Å². The summed E-state index contributed by atoms with van der Waals surface area (Å²) in [4.78, 5) is 17.9. The van der Waals surface area contributed by atoms with E-state index in [1.807, 2.05) is 74.6 Å². The number of dihydropyridines is 1. The molecule has 0 bridgehead atoms. The summed E-state index contributed by atoms with van der Waals surface area (Å²) in [5, 5.41) is 0. The highest BCUT2D eigenvalue weighted by Crippen LogP contribution is 2.28.